The highest BCUT2D eigenvalue weighted by Crippen LogP contribution is 2.42. The van der Waals surface area contributed by atoms with Gasteiger partial charge in [-0.3, -0.25) is 0 Å². The van der Waals surface area contributed by atoms with Crippen LogP contribution in [0.2, 0.25) is 0 Å². The minimum absolute atomic E-state index is 0.172. The first kappa shape index (κ1) is 12.6. The first-order valence-corrected chi connectivity index (χ1v) is 6.32. The smallest absolute Gasteiger partial charge is 0.126 e. The Morgan fingerprint density at radius 3 is 2.71 bits per heavy atom. The summed E-state index contributed by atoms with van der Waals surface area (Å²) >= 11 is 0. The van der Waals surface area contributed by atoms with Crippen LogP contribution in [0.1, 0.15) is 51.2 Å². The lowest BCUT2D eigenvalue weighted by Gasteiger charge is -2.28. The lowest BCUT2D eigenvalue weighted by atomic mass is 9.82. The van der Waals surface area contributed by atoms with Crippen molar-refractivity contribution >= 4 is 0 Å². The highest BCUT2D eigenvalue weighted by molar-refractivity contribution is 5.38. The molecule has 0 fully saturated rings. The van der Waals surface area contributed by atoms with E-state index in [4.69, 9.17) is 0 Å². The van der Waals surface area contributed by atoms with Gasteiger partial charge in [-0.15, -0.1) is 0 Å². The summed E-state index contributed by atoms with van der Waals surface area (Å²) in [5.74, 6) is -0.172. The molecule has 0 heterocycles. The van der Waals surface area contributed by atoms with Crippen molar-refractivity contribution in [1.29, 1.82) is 0 Å². The molecule has 0 saturated carbocycles. The Morgan fingerprint density at radius 2 is 2.06 bits per heavy atom. The van der Waals surface area contributed by atoms with Gasteiger partial charge in [-0.05, 0) is 48.3 Å². The second kappa shape index (κ2) is 4.09. The zero-order chi connectivity index (χ0) is 12.7. The van der Waals surface area contributed by atoms with Crippen LogP contribution in [-0.4, -0.2) is 5.11 Å². The van der Waals surface area contributed by atoms with Gasteiger partial charge in [0.05, 0.1) is 5.60 Å². The maximum Gasteiger partial charge on any atom is 0.126 e. The average Bonchev–Trinajstić information content (AvgIpc) is 2.56. The predicted octanol–water partition coefficient (Wildman–Crippen LogP) is 3.79. The lowest BCUT2D eigenvalue weighted by Crippen LogP contribution is -2.24. The molecule has 2 rings (SSSR count). The molecule has 0 spiro atoms. The molecular weight excluding hydrogens is 215 g/mol. The Labute approximate surface area is 103 Å². The maximum atomic E-state index is 13.6. The van der Waals surface area contributed by atoms with Crippen molar-refractivity contribution in [2.45, 2.75) is 52.1 Å². The molecule has 2 heteroatoms. The van der Waals surface area contributed by atoms with Crippen LogP contribution < -0.4 is 0 Å². The summed E-state index contributed by atoms with van der Waals surface area (Å²) in [6.45, 7) is 6.49. The Balaban J connectivity index is 2.23. The van der Waals surface area contributed by atoms with Gasteiger partial charge in [-0.1, -0.05) is 32.9 Å². The third-order valence-electron chi connectivity index (χ3n) is 3.70. The lowest BCUT2D eigenvalue weighted by molar-refractivity contribution is 0.0185. The molecule has 1 aromatic rings. The first-order valence-electron chi connectivity index (χ1n) is 6.32. The third-order valence-corrected chi connectivity index (χ3v) is 3.70. The van der Waals surface area contributed by atoms with Crippen molar-refractivity contribution in [2.24, 2.45) is 5.41 Å². The standard InChI is InChI=1S/C15H21FO/c1-14(2,3)9-10-15(17)8-7-11-12(15)5-4-6-13(11)16/h4-6,17H,7-10H2,1-3H3. The Hall–Kier alpha value is -0.890. The fourth-order valence-corrected chi connectivity index (χ4v) is 2.56. The van der Waals surface area contributed by atoms with E-state index in [1.54, 1.807) is 6.07 Å². The summed E-state index contributed by atoms with van der Waals surface area (Å²) in [5, 5.41) is 10.7. The number of hydrogen-bond acceptors (Lipinski definition) is 1. The molecule has 17 heavy (non-hydrogen) atoms. The SMILES string of the molecule is CC(C)(C)CCC1(O)CCc2c(F)cccc21. The highest BCUT2D eigenvalue weighted by atomic mass is 19.1. The van der Waals surface area contributed by atoms with Crippen LogP contribution in [0.3, 0.4) is 0 Å². The minimum atomic E-state index is -0.815. The van der Waals surface area contributed by atoms with Gasteiger partial charge >= 0.3 is 0 Å². The van der Waals surface area contributed by atoms with E-state index in [2.05, 4.69) is 20.8 Å². The largest absolute Gasteiger partial charge is 0.385 e. The van der Waals surface area contributed by atoms with Crippen LogP contribution in [0.15, 0.2) is 18.2 Å². The summed E-state index contributed by atoms with van der Waals surface area (Å²) in [7, 11) is 0. The molecule has 1 aromatic carbocycles. The monoisotopic (exact) mass is 236 g/mol. The second-order valence-electron chi connectivity index (χ2n) is 6.36. The molecule has 1 unspecified atom stereocenters. The van der Waals surface area contributed by atoms with Crippen molar-refractivity contribution in [3.05, 3.63) is 35.1 Å². The van der Waals surface area contributed by atoms with E-state index in [9.17, 15) is 9.50 Å². The van der Waals surface area contributed by atoms with Crippen molar-refractivity contribution in [3.63, 3.8) is 0 Å². The van der Waals surface area contributed by atoms with Gasteiger partial charge in [0.1, 0.15) is 5.82 Å². The second-order valence-corrected chi connectivity index (χ2v) is 6.36. The maximum absolute atomic E-state index is 13.6. The number of fused-ring (bicyclic) bond motifs is 1. The van der Waals surface area contributed by atoms with Crippen LogP contribution >= 0.6 is 0 Å². The number of halogens is 1. The predicted molar refractivity (Wildman–Crippen MR) is 67.3 cm³/mol. The molecule has 0 aliphatic heterocycles. The summed E-state index contributed by atoms with van der Waals surface area (Å²) in [5.41, 5.74) is 0.905. The molecular formula is C15H21FO. The number of aliphatic hydroxyl groups is 1. The Bertz CT molecular complexity index is 419. The van der Waals surface area contributed by atoms with Gasteiger partial charge in [0.25, 0.3) is 0 Å². The summed E-state index contributed by atoms with van der Waals surface area (Å²) in [6, 6.07) is 5.05. The van der Waals surface area contributed by atoms with Gasteiger partial charge in [0.2, 0.25) is 0 Å². The average molecular weight is 236 g/mol. The molecule has 94 valence electrons. The highest BCUT2D eigenvalue weighted by Gasteiger charge is 2.38. The molecule has 0 bridgehead atoms. The van der Waals surface area contributed by atoms with Gasteiger partial charge in [-0.2, -0.15) is 0 Å². The summed E-state index contributed by atoms with van der Waals surface area (Å²) in [4.78, 5) is 0. The fraction of sp³-hybridized carbons (Fsp3) is 0.600. The molecule has 0 amide bonds. The molecule has 1 N–H and O–H groups in total. The van der Waals surface area contributed by atoms with Gasteiger partial charge < -0.3 is 5.11 Å². The van der Waals surface area contributed by atoms with E-state index >= 15 is 0 Å². The quantitative estimate of drug-likeness (QED) is 0.828. The Kier molecular flexibility index (Phi) is 3.03. The van der Waals surface area contributed by atoms with Gasteiger partial charge in [0, 0.05) is 0 Å². The van der Waals surface area contributed by atoms with Crippen LogP contribution in [0.25, 0.3) is 0 Å². The van der Waals surface area contributed by atoms with E-state index in [0.717, 1.165) is 12.0 Å². The molecule has 1 nitrogen and oxygen atoms in total. The Morgan fingerprint density at radius 1 is 1.35 bits per heavy atom. The normalized spacial score (nSPS) is 23.8. The van der Waals surface area contributed by atoms with Crippen molar-refractivity contribution in [1.82, 2.24) is 0 Å². The van der Waals surface area contributed by atoms with Crippen molar-refractivity contribution in [3.8, 4) is 0 Å². The molecule has 0 radical (unpaired) electrons. The molecule has 0 aromatic heterocycles. The summed E-state index contributed by atoms with van der Waals surface area (Å²) < 4.78 is 13.6. The molecule has 1 aliphatic carbocycles. The topological polar surface area (TPSA) is 20.2 Å². The van der Waals surface area contributed by atoms with Crippen LogP contribution in [0, 0.1) is 11.2 Å². The zero-order valence-corrected chi connectivity index (χ0v) is 10.9. The zero-order valence-electron chi connectivity index (χ0n) is 10.9. The molecule has 1 aliphatic rings. The van der Waals surface area contributed by atoms with E-state index in [-0.39, 0.29) is 11.2 Å². The van der Waals surface area contributed by atoms with E-state index in [1.165, 1.54) is 6.07 Å². The van der Waals surface area contributed by atoms with Crippen LogP contribution in [0.5, 0.6) is 0 Å². The van der Waals surface area contributed by atoms with E-state index < -0.39 is 5.60 Å². The number of rotatable bonds is 2. The fourth-order valence-electron chi connectivity index (χ4n) is 2.56. The van der Waals surface area contributed by atoms with E-state index in [0.29, 0.717) is 24.8 Å². The molecule has 1 atom stereocenters. The van der Waals surface area contributed by atoms with E-state index in [1.807, 2.05) is 6.07 Å². The van der Waals surface area contributed by atoms with Crippen LogP contribution in [-0.2, 0) is 12.0 Å². The van der Waals surface area contributed by atoms with Gasteiger partial charge in [0.15, 0.2) is 0 Å². The summed E-state index contributed by atoms with van der Waals surface area (Å²) in [6.07, 6.45) is 2.97. The van der Waals surface area contributed by atoms with Crippen molar-refractivity contribution in [2.75, 3.05) is 0 Å². The molecule has 0 saturated heterocycles. The number of hydrogen-bond donors (Lipinski definition) is 1. The minimum Gasteiger partial charge on any atom is -0.385 e. The van der Waals surface area contributed by atoms with Gasteiger partial charge in [-0.25, -0.2) is 4.39 Å². The van der Waals surface area contributed by atoms with Crippen molar-refractivity contribution < 1.29 is 9.50 Å². The first-order chi connectivity index (χ1) is 7.82. The van der Waals surface area contributed by atoms with Crippen LogP contribution in [0.4, 0.5) is 4.39 Å². The third kappa shape index (κ3) is 2.52. The number of benzene rings is 1.